The molecule has 0 amide bonds. The van der Waals surface area contributed by atoms with Crippen molar-refractivity contribution in [1.82, 2.24) is 14.2 Å². The number of nitrogens with zero attached hydrogens (tertiary/aromatic N) is 3. The molecule has 1 aliphatic heterocycles. The van der Waals surface area contributed by atoms with Gasteiger partial charge in [0.05, 0.1) is 5.75 Å². The summed E-state index contributed by atoms with van der Waals surface area (Å²) in [6, 6.07) is 15.4. The zero-order valence-electron chi connectivity index (χ0n) is 20.5. The highest BCUT2D eigenvalue weighted by atomic mass is 32.2. The molecular weight excluding hydrogens is 448 g/mol. The van der Waals surface area contributed by atoms with E-state index in [1.54, 1.807) is 11.2 Å². The van der Waals surface area contributed by atoms with Gasteiger partial charge in [-0.2, -0.15) is 0 Å². The molecular formula is C26H36N4O3S. The largest absolute Gasteiger partial charge is 0.400 e. The Labute approximate surface area is 203 Å². The van der Waals surface area contributed by atoms with Crippen molar-refractivity contribution >= 4 is 26.5 Å². The van der Waals surface area contributed by atoms with Gasteiger partial charge in [0.1, 0.15) is 0 Å². The van der Waals surface area contributed by atoms with Crippen LogP contribution in [0.15, 0.2) is 54.9 Å². The summed E-state index contributed by atoms with van der Waals surface area (Å²) >= 11 is 0. The van der Waals surface area contributed by atoms with Crippen molar-refractivity contribution in [3.8, 4) is 11.1 Å². The highest BCUT2D eigenvalue weighted by Gasteiger charge is 2.26. The molecule has 4 rings (SSSR count). The molecule has 2 N–H and O–H groups in total. The fourth-order valence-electron chi connectivity index (χ4n) is 4.38. The minimum absolute atomic E-state index is 0.163. The maximum atomic E-state index is 12.2. The Morgan fingerprint density at radius 1 is 1.09 bits per heavy atom. The average Bonchev–Trinajstić information content (AvgIpc) is 2.85. The number of fused-ring (bicyclic) bond motifs is 1. The van der Waals surface area contributed by atoms with Gasteiger partial charge in [0.2, 0.25) is 10.0 Å². The van der Waals surface area contributed by atoms with Crippen LogP contribution in [0, 0.1) is 0 Å². The summed E-state index contributed by atoms with van der Waals surface area (Å²) < 4.78 is 26.0. The van der Waals surface area contributed by atoms with Gasteiger partial charge < -0.3 is 15.3 Å². The molecule has 1 aliphatic rings. The topological polar surface area (TPSA) is 85.8 Å². The number of benzene rings is 2. The van der Waals surface area contributed by atoms with Gasteiger partial charge in [0.15, 0.2) is 0 Å². The van der Waals surface area contributed by atoms with E-state index in [-0.39, 0.29) is 11.8 Å². The van der Waals surface area contributed by atoms with Crippen molar-refractivity contribution in [1.29, 1.82) is 0 Å². The van der Waals surface area contributed by atoms with Crippen molar-refractivity contribution in [2.24, 2.45) is 0 Å². The third-order valence-electron chi connectivity index (χ3n) is 6.09. The summed E-state index contributed by atoms with van der Waals surface area (Å²) in [5.74, 6) is 0.163. The summed E-state index contributed by atoms with van der Waals surface area (Å²) in [6.07, 6.45) is 5.32. The molecule has 1 fully saturated rings. The van der Waals surface area contributed by atoms with Gasteiger partial charge in [-0.3, -0.25) is 4.98 Å². The Bertz CT molecular complexity index is 1190. The molecule has 1 aromatic heterocycles. The molecule has 0 unspecified atom stereocenters. The number of aromatic nitrogens is 1. The van der Waals surface area contributed by atoms with Crippen LogP contribution in [0.2, 0.25) is 0 Å². The molecule has 3 aromatic rings. The zero-order valence-corrected chi connectivity index (χ0v) is 21.3. The molecule has 2 heterocycles. The van der Waals surface area contributed by atoms with E-state index < -0.39 is 10.0 Å². The van der Waals surface area contributed by atoms with Crippen LogP contribution < -0.4 is 5.32 Å². The van der Waals surface area contributed by atoms with E-state index in [0.29, 0.717) is 13.1 Å². The maximum absolute atomic E-state index is 12.2. The van der Waals surface area contributed by atoms with Gasteiger partial charge in [0.25, 0.3) is 0 Å². The Kier molecular flexibility index (Phi) is 9.02. The molecule has 8 heteroatoms. The number of piperidine rings is 1. The fraction of sp³-hybridized carbons (Fsp3) is 0.423. The first kappa shape index (κ1) is 26.1. The van der Waals surface area contributed by atoms with E-state index in [1.165, 1.54) is 11.1 Å². The summed E-state index contributed by atoms with van der Waals surface area (Å²) in [6.45, 7) is 3.74. The van der Waals surface area contributed by atoms with Crippen LogP contribution in [-0.2, 0) is 16.6 Å². The lowest BCUT2D eigenvalue weighted by Gasteiger charge is -2.32. The molecule has 34 heavy (non-hydrogen) atoms. The first-order chi connectivity index (χ1) is 16.4. The second-order valence-corrected chi connectivity index (χ2v) is 11.0. The molecule has 0 atom stereocenters. The minimum atomic E-state index is -3.12. The SMILES string of the molecule is CCS(=O)(=O)N1CCC(Nc2cc(-c3cccc(CN(C)C)c3)cc3ccncc23)CC1.CO. The second kappa shape index (κ2) is 11.8. The molecule has 0 spiro atoms. The van der Waals surface area contributed by atoms with E-state index in [9.17, 15) is 8.42 Å². The van der Waals surface area contributed by atoms with Gasteiger partial charge in [0, 0.05) is 56.3 Å². The van der Waals surface area contributed by atoms with Crippen LogP contribution in [0.5, 0.6) is 0 Å². The predicted molar refractivity (Wildman–Crippen MR) is 140 cm³/mol. The Morgan fingerprint density at radius 2 is 1.82 bits per heavy atom. The minimum Gasteiger partial charge on any atom is -0.400 e. The molecule has 0 aliphatic carbocycles. The molecule has 1 saturated heterocycles. The predicted octanol–water partition coefficient (Wildman–Crippen LogP) is 3.80. The van der Waals surface area contributed by atoms with E-state index >= 15 is 0 Å². The maximum Gasteiger partial charge on any atom is 0.213 e. The Hall–Kier alpha value is -2.52. The molecule has 184 valence electrons. The third kappa shape index (κ3) is 6.33. The number of sulfonamides is 1. The summed E-state index contributed by atoms with van der Waals surface area (Å²) in [5, 5.41) is 12.9. The zero-order chi connectivity index (χ0) is 24.7. The quantitative estimate of drug-likeness (QED) is 0.531. The molecule has 0 bridgehead atoms. The number of hydrogen-bond acceptors (Lipinski definition) is 6. The first-order valence-electron chi connectivity index (χ1n) is 11.7. The number of rotatable bonds is 7. The van der Waals surface area contributed by atoms with Crippen LogP contribution in [0.1, 0.15) is 25.3 Å². The lowest BCUT2D eigenvalue weighted by atomic mass is 9.98. The van der Waals surface area contributed by atoms with E-state index in [4.69, 9.17) is 5.11 Å². The van der Waals surface area contributed by atoms with Crippen LogP contribution in [0.3, 0.4) is 0 Å². The summed E-state index contributed by atoms with van der Waals surface area (Å²) in [5.41, 5.74) is 4.69. The molecule has 7 nitrogen and oxygen atoms in total. The lowest BCUT2D eigenvalue weighted by molar-refractivity contribution is 0.330. The van der Waals surface area contributed by atoms with Crippen molar-refractivity contribution in [3.63, 3.8) is 0 Å². The van der Waals surface area contributed by atoms with Crippen molar-refractivity contribution in [2.75, 3.05) is 45.4 Å². The van der Waals surface area contributed by atoms with Gasteiger partial charge in [-0.05, 0) is 80.2 Å². The van der Waals surface area contributed by atoms with Gasteiger partial charge in [-0.25, -0.2) is 12.7 Å². The van der Waals surface area contributed by atoms with Crippen LogP contribution in [0.4, 0.5) is 5.69 Å². The number of pyridine rings is 1. The normalized spacial score (nSPS) is 15.2. The van der Waals surface area contributed by atoms with Gasteiger partial charge >= 0.3 is 0 Å². The standard InChI is InChI=1S/C25H32N4O2S.CH4O/c1-4-32(30,31)29-12-9-23(10-13-29)27-25-16-22(15-21-8-11-26-17-24(21)25)20-7-5-6-19(14-20)18-28(2)3;1-2/h5-8,11,14-17,23,27H,4,9-10,12-13,18H2,1-3H3;2H,1H3. The second-order valence-electron chi connectivity index (χ2n) is 8.78. The third-order valence-corrected chi connectivity index (χ3v) is 7.97. The highest BCUT2D eigenvalue weighted by molar-refractivity contribution is 7.89. The summed E-state index contributed by atoms with van der Waals surface area (Å²) in [4.78, 5) is 6.51. The average molecular weight is 485 g/mol. The van der Waals surface area contributed by atoms with Crippen LogP contribution in [0.25, 0.3) is 21.9 Å². The number of anilines is 1. The van der Waals surface area contributed by atoms with Crippen LogP contribution in [-0.4, -0.2) is 73.8 Å². The number of aliphatic hydroxyl groups is 1. The van der Waals surface area contributed by atoms with Crippen LogP contribution >= 0.6 is 0 Å². The van der Waals surface area contributed by atoms with Gasteiger partial charge in [-0.15, -0.1) is 0 Å². The van der Waals surface area contributed by atoms with Gasteiger partial charge in [-0.1, -0.05) is 18.2 Å². The smallest absolute Gasteiger partial charge is 0.213 e. The molecule has 2 aromatic carbocycles. The van der Waals surface area contributed by atoms with Crippen molar-refractivity contribution < 1.29 is 13.5 Å². The Balaban J connectivity index is 0.00000158. The lowest BCUT2D eigenvalue weighted by Crippen LogP contribution is -2.42. The van der Waals surface area contributed by atoms with E-state index in [0.717, 1.165) is 48.5 Å². The van der Waals surface area contributed by atoms with E-state index in [2.05, 4.69) is 65.7 Å². The number of aliphatic hydroxyl groups excluding tert-OH is 1. The van der Waals surface area contributed by atoms with E-state index in [1.807, 2.05) is 18.5 Å². The molecule has 0 saturated carbocycles. The molecule has 0 radical (unpaired) electrons. The monoisotopic (exact) mass is 484 g/mol. The first-order valence-corrected chi connectivity index (χ1v) is 13.3. The number of hydrogen-bond donors (Lipinski definition) is 2. The summed E-state index contributed by atoms with van der Waals surface area (Å²) in [7, 11) is 2.04. The van der Waals surface area contributed by atoms with Crippen molar-refractivity contribution in [2.45, 2.75) is 32.4 Å². The number of nitrogens with one attached hydrogen (secondary N) is 1. The fourth-order valence-corrected chi connectivity index (χ4v) is 5.51. The Morgan fingerprint density at radius 3 is 2.50 bits per heavy atom. The highest BCUT2D eigenvalue weighted by Crippen LogP contribution is 2.32. The van der Waals surface area contributed by atoms with Crippen molar-refractivity contribution in [3.05, 3.63) is 60.4 Å².